The molecule has 0 radical (unpaired) electrons. The van der Waals surface area contributed by atoms with Gasteiger partial charge in [0.2, 0.25) is 0 Å². The van der Waals surface area contributed by atoms with E-state index in [1.807, 2.05) is 23.9 Å². The SMILES string of the molecule is CCNC(CCN(C)CCSC)c1cccc(Cl)c1. The molecule has 19 heavy (non-hydrogen) atoms. The molecule has 0 saturated carbocycles. The zero-order valence-corrected chi connectivity index (χ0v) is 13.7. The normalized spacial score (nSPS) is 12.9. The summed E-state index contributed by atoms with van der Waals surface area (Å²) in [4.78, 5) is 2.39. The van der Waals surface area contributed by atoms with Gasteiger partial charge in [-0.2, -0.15) is 11.8 Å². The maximum atomic E-state index is 6.08. The van der Waals surface area contributed by atoms with Crippen LogP contribution in [0.1, 0.15) is 24.9 Å². The van der Waals surface area contributed by atoms with Crippen molar-refractivity contribution in [1.82, 2.24) is 10.2 Å². The molecule has 0 heterocycles. The van der Waals surface area contributed by atoms with Crippen LogP contribution in [0.2, 0.25) is 5.02 Å². The highest BCUT2D eigenvalue weighted by molar-refractivity contribution is 7.98. The number of halogens is 1. The van der Waals surface area contributed by atoms with E-state index in [4.69, 9.17) is 11.6 Å². The van der Waals surface area contributed by atoms with Crippen molar-refractivity contribution in [3.63, 3.8) is 0 Å². The van der Waals surface area contributed by atoms with E-state index in [2.05, 4.69) is 42.6 Å². The fourth-order valence-corrected chi connectivity index (χ4v) is 2.76. The summed E-state index contributed by atoms with van der Waals surface area (Å²) in [6, 6.07) is 8.57. The molecule has 0 fully saturated rings. The van der Waals surface area contributed by atoms with E-state index < -0.39 is 0 Å². The number of rotatable bonds is 9. The van der Waals surface area contributed by atoms with Gasteiger partial charge in [0.1, 0.15) is 0 Å². The van der Waals surface area contributed by atoms with Gasteiger partial charge in [0, 0.05) is 23.4 Å². The summed E-state index contributed by atoms with van der Waals surface area (Å²) in [5.74, 6) is 1.19. The van der Waals surface area contributed by atoms with Crippen LogP contribution in [-0.2, 0) is 0 Å². The molecule has 108 valence electrons. The average Bonchev–Trinajstić information content (AvgIpc) is 2.41. The monoisotopic (exact) mass is 300 g/mol. The van der Waals surface area contributed by atoms with Crippen LogP contribution in [0.15, 0.2) is 24.3 Å². The minimum absolute atomic E-state index is 0.389. The average molecular weight is 301 g/mol. The van der Waals surface area contributed by atoms with Crippen LogP contribution in [0.25, 0.3) is 0 Å². The quantitative estimate of drug-likeness (QED) is 0.749. The molecule has 1 aromatic rings. The second-order valence-electron chi connectivity index (χ2n) is 4.75. The van der Waals surface area contributed by atoms with Crippen molar-refractivity contribution in [1.29, 1.82) is 0 Å². The minimum atomic E-state index is 0.389. The molecule has 1 aromatic carbocycles. The Kier molecular flexibility index (Phi) is 8.55. The summed E-state index contributed by atoms with van der Waals surface area (Å²) >= 11 is 7.98. The van der Waals surface area contributed by atoms with Crippen LogP contribution >= 0.6 is 23.4 Å². The molecule has 0 aliphatic carbocycles. The Hall–Kier alpha value is -0.220. The predicted molar refractivity (Wildman–Crippen MR) is 88.4 cm³/mol. The molecule has 0 aliphatic heterocycles. The predicted octanol–water partition coefficient (Wildman–Crippen LogP) is 3.68. The highest BCUT2D eigenvalue weighted by atomic mass is 35.5. The van der Waals surface area contributed by atoms with Crippen LogP contribution < -0.4 is 5.32 Å². The molecule has 0 bridgehead atoms. The largest absolute Gasteiger partial charge is 0.310 e. The number of thioether (sulfide) groups is 1. The Balaban J connectivity index is 2.53. The van der Waals surface area contributed by atoms with E-state index in [-0.39, 0.29) is 0 Å². The highest BCUT2D eigenvalue weighted by Crippen LogP contribution is 2.20. The second-order valence-corrected chi connectivity index (χ2v) is 6.17. The summed E-state index contributed by atoms with van der Waals surface area (Å²) in [5, 5.41) is 4.36. The van der Waals surface area contributed by atoms with Crippen molar-refractivity contribution >= 4 is 23.4 Å². The van der Waals surface area contributed by atoms with E-state index >= 15 is 0 Å². The topological polar surface area (TPSA) is 15.3 Å². The lowest BCUT2D eigenvalue weighted by atomic mass is 10.0. The second kappa shape index (κ2) is 9.65. The Labute approximate surface area is 126 Å². The lowest BCUT2D eigenvalue weighted by molar-refractivity contribution is 0.325. The number of hydrogen-bond acceptors (Lipinski definition) is 3. The number of nitrogens with zero attached hydrogens (tertiary/aromatic N) is 1. The van der Waals surface area contributed by atoms with Crippen molar-refractivity contribution in [2.45, 2.75) is 19.4 Å². The van der Waals surface area contributed by atoms with Gasteiger partial charge in [-0.05, 0) is 50.5 Å². The van der Waals surface area contributed by atoms with Crippen LogP contribution in [-0.4, -0.2) is 43.6 Å². The lowest BCUT2D eigenvalue weighted by Crippen LogP contribution is -2.28. The van der Waals surface area contributed by atoms with E-state index in [1.165, 1.54) is 11.3 Å². The van der Waals surface area contributed by atoms with Crippen LogP contribution in [0, 0.1) is 0 Å². The van der Waals surface area contributed by atoms with E-state index in [1.54, 1.807) is 0 Å². The molecule has 4 heteroatoms. The van der Waals surface area contributed by atoms with Gasteiger partial charge in [0.15, 0.2) is 0 Å². The first-order valence-electron chi connectivity index (χ1n) is 6.83. The number of hydrogen-bond donors (Lipinski definition) is 1. The van der Waals surface area contributed by atoms with Crippen molar-refractivity contribution in [3.8, 4) is 0 Å². The minimum Gasteiger partial charge on any atom is -0.310 e. The molecule has 0 aromatic heterocycles. The molecule has 1 atom stereocenters. The first-order valence-corrected chi connectivity index (χ1v) is 8.61. The number of benzene rings is 1. The highest BCUT2D eigenvalue weighted by Gasteiger charge is 2.11. The zero-order chi connectivity index (χ0) is 14.1. The van der Waals surface area contributed by atoms with Gasteiger partial charge in [0.25, 0.3) is 0 Å². The van der Waals surface area contributed by atoms with E-state index in [0.29, 0.717) is 6.04 Å². The first-order chi connectivity index (χ1) is 9.17. The van der Waals surface area contributed by atoms with Crippen molar-refractivity contribution < 1.29 is 0 Å². The van der Waals surface area contributed by atoms with Gasteiger partial charge in [-0.1, -0.05) is 30.7 Å². The molecule has 1 unspecified atom stereocenters. The maximum Gasteiger partial charge on any atom is 0.0409 e. The van der Waals surface area contributed by atoms with Gasteiger partial charge >= 0.3 is 0 Å². The van der Waals surface area contributed by atoms with Crippen molar-refractivity contribution in [2.24, 2.45) is 0 Å². The lowest BCUT2D eigenvalue weighted by Gasteiger charge is -2.22. The van der Waals surface area contributed by atoms with Crippen LogP contribution in [0.3, 0.4) is 0 Å². The van der Waals surface area contributed by atoms with Crippen LogP contribution in [0.4, 0.5) is 0 Å². The smallest absolute Gasteiger partial charge is 0.0409 e. The maximum absolute atomic E-state index is 6.08. The van der Waals surface area contributed by atoms with Crippen LogP contribution in [0.5, 0.6) is 0 Å². The third kappa shape index (κ3) is 6.66. The van der Waals surface area contributed by atoms with Crippen molar-refractivity contribution in [2.75, 3.05) is 38.7 Å². The summed E-state index contributed by atoms with van der Waals surface area (Å²) < 4.78 is 0. The molecular formula is C15H25ClN2S. The first kappa shape index (κ1) is 16.8. The van der Waals surface area contributed by atoms with E-state index in [0.717, 1.165) is 31.1 Å². The van der Waals surface area contributed by atoms with Gasteiger partial charge in [-0.15, -0.1) is 0 Å². The van der Waals surface area contributed by atoms with E-state index in [9.17, 15) is 0 Å². The third-order valence-electron chi connectivity index (χ3n) is 3.18. The zero-order valence-electron chi connectivity index (χ0n) is 12.2. The van der Waals surface area contributed by atoms with Crippen molar-refractivity contribution in [3.05, 3.63) is 34.9 Å². The molecule has 1 N–H and O–H groups in total. The molecule has 0 spiro atoms. The molecular weight excluding hydrogens is 276 g/mol. The summed E-state index contributed by atoms with van der Waals surface area (Å²) in [6.45, 7) is 5.38. The summed E-state index contributed by atoms with van der Waals surface area (Å²) in [5.41, 5.74) is 1.28. The van der Waals surface area contributed by atoms with Gasteiger partial charge in [-0.3, -0.25) is 0 Å². The third-order valence-corrected chi connectivity index (χ3v) is 4.00. The fourth-order valence-electron chi connectivity index (χ4n) is 2.06. The Morgan fingerprint density at radius 3 is 2.79 bits per heavy atom. The molecule has 1 rings (SSSR count). The Morgan fingerprint density at radius 1 is 1.37 bits per heavy atom. The van der Waals surface area contributed by atoms with Gasteiger partial charge in [0.05, 0.1) is 0 Å². The molecule has 2 nitrogen and oxygen atoms in total. The Morgan fingerprint density at radius 2 is 2.16 bits per heavy atom. The fraction of sp³-hybridized carbons (Fsp3) is 0.600. The Bertz CT molecular complexity index is 360. The molecule has 0 aliphatic rings. The summed E-state index contributed by atoms with van der Waals surface area (Å²) in [7, 11) is 2.19. The number of nitrogens with one attached hydrogen (secondary N) is 1. The van der Waals surface area contributed by atoms with Gasteiger partial charge < -0.3 is 10.2 Å². The summed E-state index contributed by atoms with van der Waals surface area (Å²) in [6.07, 6.45) is 3.26. The molecule has 0 amide bonds. The van der Waals surface area contributed by atoms with Gasteiger partial charge in [-0.25, -0.2) is 0 Å². The standard InChI is InChI=1S/C15H25ClN2S/c1-4-17-15(8-9-18(2)10-11-19-3)13-6-5-7-14(16)12-13/h5-7,12,15,17H,4,8-11H2,1-3H3. The molecule has 0 saturated heterocycles.